The van der Waals surface area contributed by atoms with Crippen molar-refractivity contribution in [1.29, 1.82) is 5.26 Å². The Kier molecular flexibility index (Phi) is 8.98. The Morgan fingerprint density at radius 3 is 2.60 bits per heavy atom. The molecule has 0 spiro atoms. The molecule has 178 valence electrons. The molecule has 2 amide bonds. The minimum Gasteiger partial charge on any atom is -0.493 e. The molecule has 0 aliphatic rings. The van der Waals surface area contributed by atoms with Crippen LogP contribution in [-0.4, -0.2) is 31.2 Å². The van der Waals surface area contributed by atoms with Gasteiger partial charge in [-0.3, -0.25) is 9.59 Å². The second-order valence-corrected chi connectivity index (χ2v) is 8.23. The molecule has 0 aliphatic heterocycles. The summed E-state index contributed by atoms with van der Waals surface area (Å²) in [4.78, 5) is 24.7. The number of nitrogens with zero attached hydrogens (tertiary/aromatic N) is 2. The first-order valence-corrected chi connectivity index (χ1v) is 11.4. The van der Waals surface area contributed by atoms with Crippen molar-refractivity contribution in [2.24, 2.45) is 5.10 Å². The Bertz CT molecular complexity index is 1290. The molecular weight excluding hydrogens is 512 g/mol. The highest BCUT2D eigenvalue weighted by atomic mass is 79.9. The van der Waals surface area contributed by atoms with Gasteiger partial charge in [-0.15, -0.1) is 0 Å². The number of hydrogen-bond acceptors (Lipinski definition) is 6. The highest BCUT2D eigenvalue weighted by Crippen LogP contribution is 2.28. The van der Waals surface area contributed by atoms with E-state index in [1.165, 1.54) is 13.3 Å². The third kappa shape index (κ3) is 6.91. The topological polar surface area (TPSA) is 113 Å². The van der Waals surface area contributed by atoms with E-state index in [2.05, 4.69) is 37.8 Å². The zero-order valence-electron chi connectivity index (χ0n) is 19.1. The molecule has 2 N–H and O–H groups in total. The molecule has 0 saturated carbocycles. The third-order valence-corrected chi connectivity index (χ3v) is 5.65. The molecule has 0 saturated heterocycles. The van der Waals surface area contributed by atoms with Gasteiger partial charge in [0.1, 0.15) is 12.6 Å². The molecule has 35 heavy (non-hydrogen) atoms. The van der Waals surface area contributed by atoms with Gasteiger partial charge in [0.15, 0.2) is 11.5 Å². The zero-order chi connectivity index (χ0) is 25.2. The van der Waals surface area contributed by atoms with Crippen LogP contribution in [0.5, 0.6) is 11.5 Å². The largest absolute Gasteiger partial charge is 0.493 e. The first-order valence-electron chi connectivity index (χ1n) is 10.6. The summed E-state index contributed by atoms with van der Waals surface area (Å²) in [6, 6.07) is 20.7. The average Bonchev–Trinajstić information content (AvgIpc) is 2.87. The molecule has 0 fully saturated rings. The van der Waals surface area contributed by atoms with Crippen LogP contribution in [0.2, 0.25) is 0 Å². The van der Waals surface area contributed by atoms with Gasteiger partial charge in [0.25, 0.3) is 11.8 Å². The molecule has 3 aromatic rings. The third-order valence-electron chi connectivity index (χ3n) is 4.96. The van der Waals surface area contributed by atoms with Crippen molar-refractivity contribution >= 4 is 34.0 Å². The van der Waals surface area contributed by atoms with E-state index in [1.807, 2.05) is 12.1 Å². The summed E-state index contributed by atoms with van der Waals surface area (Å²) in [6.07, 6.45) is 1.46. The van der Waals surface area contributed by atoms with Crippen LogP contribution < -0.4 is 20.2 Å². The highest BCUT2D eigenvalue weighted by molar-refractivity contribution is 9.10. The summed E-state index contributed by atoms with van der Waals surface area (Å²) < 4.78 is 11.9. The summed E-state index contributed by atoms with van der Waals surface area (Å²) >= 11 is 3.32. The molecule has 0 heterocycles. The van der Waals surface area contributed by atoms with Gasteiger partial charge in [-0.2, -0.15) is 10.4 Å². The summed E-state index contributed by atoms with van der Waals surface area (Å²) in [5.41, 5.74) is 4.83. The lowest BCUT2D eigenvalue weighted by molar-refractivity contribution is -0.122. The van der Waals surface area contributed by atoms with Gasteiger partial charge in [0.05, 0.1) is 30.5 Å². The number of ether oxygens (including phenoxy) is 2. The van der Waals surface area contributed by atoms with Crippen LogP contribution >= 0.6 is 15.9 Å². The molecule has 0 radical (unpaired) electrons. The fourth-order valence-corrected chi connectivity index (χ4v) is 3.51. The van der Waals surface area contributed by atoms with Crippen LogP contribution in [0.3, 0.4) is 0 Å². The van der Waals surface area contributed by atoms with Crippen LogP contribution in [0.1, 0.15) is 34.0 Å². The second-order valence-electron chi connectivity index (χ2n) is 7.38. The zero-order valence-corrected chi connectivity index (χ0v) is 20.7. The lowest BCUT2D eigenvalue weighted by Gasteiger charge is -2.13. The van der Waals surface area contributed by atoms with E-state index in [-0.39, 0.29) is 12.5 Å². The highest BCUT2D eigenvalue weighted by Gasteiger charge is 2.17. The fraction of sp³-hybridized carbons (Fsp3) is 0.154. The predicted octanol–water partition coefficient (Wildman–Crippen LogP) is 4.18. The molecule has 0 aromatic heterocycles. The fourth-order valence-electron chi connectivity index (χ4n) is 3.05. The smallest absolute Gasteiger partial charge is 0.262 e. The van der Waals surface area contributed by atoms with Gasteiger partial charge in [-0.1, -0.05) is 30.3 Å². The molecule has 1 atom stereocenters. The Morgan fingerprint density at radius 1 is 1.11 bits per heavy atom. The maximum Gasteiger partial charge on any atom is 0.262 e. The number of rotatable bonds is 9. The first kappa shape index (κ1) is 25.5. The van der Waals surface area contributed by atoms with Crippen molar-refractivity contribution in [3.8, 4) is 17.6 Å². The quantitative estimate of drug-likeness (QED) is 0.316. The summed E-state index contributed by atoms with van der Waals surface area (Å²) in [6.45, 7) is 1.78. The van der Waals surface area contributed by atoms with E-state index in [0.717, 1.165) is 5.56 Å². The van der Waals surface area contributed by atoms with Gasteiger partial charge >= 0.3 is 0 Å². The maximum atomic E-state index is 12.4. The summed E-state index contributed by atoms with van der Waals surface area (Å²) in [5, 5.41) is 15.8. The maximum absolute atomic E-state index is 12.4. The minimum absolute atomic E-state index is 0.215. The van der Waals surface area contributed by atoms with Gasteiger partial charge in [0, 0.05) is 10.0 Å². The Morgan fingerprint density at radius 2 is 1.86 bits per heavy atom. The van der Waals surface area contributed by atoms with E-state index < -0.39 is 11.9 Å². The predicted molar refractivity (Wildman–Crippen MR) is 135 cm³/mol. The average molecular weight is 535 g/mol. The minimum atomic E-state index is -0.798. The van der Waals surface area contributed by atoms with Crippen LogP contribution in [0, 0.1) is 11.3 Å². The molecule has 0 bridgehead atoms. The van der Waals surface area contributed by atoms with Gasteiger partial charge < -0.3 is 14.8 Å². The van der Waals surface area contributed by atoms with Crippen LogP contribution in [0.25, 0.3) is 0 Å². The number of hydrogen-bond donors (Lipinski definition) is 2. The molecular formula is C26H23BrN4O4. The number of nitriles is 1. The lowest BCUT2D eigenvalue weighted by Crippen LogP contribution is -2.43. The number of benzene rings is 3. The first-order chi connectivity index (χ1) is 16.9. The molecule has 3 aromatic carbocycles. The standard InChI is InChI=1S/C26H23BrN4O4/c1-17(30-26(33)21-9-5-6-10-22(21)27)25(32)31-29-15-18-11-12-23(24(13-18)34-2)35-16-20-8-4-3-7-19(20)14-28/h3-13,15,17H,16H2,1-2H3,(H,30,33)(H,31,32). The molecule has 9 heteroatoms. The second kappa shape index (κ2) is 12.3. The monoisotopic (exact) mass is 534 g/mol. The summed E-state index contributed by atoms with van der Waals surface area (Å²) in [5.74, 6) is 0.139. The van der Waals surface area contributed by atoms with E-state index in [9.17, 15) is 14.9 Å². The van der Waals surface area contributed by atoms with Crippen molar-refractivity contribution in [3.05, 3.63) is 93.5 Å². The van der Waals surface area contributed by atoms with Crippen molar-refractivity contribution in [1.82, 2.24) is 10.7 Å². The number of carbonyl (C=O) groups is 2. The Labute approximate surface area is 211 Å². The van der Waals surface area contributed by atoms with E-state index in [0.29, 0.717) is 32.7 Å². The normalized spacial score (nSPS) is 11.4. The number of amides is 2. The van der Waals surface area contributed by atoms with E-state index in [4.69, 9.17) is 9.47 Å². The number of carbonyl (C=O) groups excluding carboxylic acids is 2. The molecule has 3 rings (SSSR count). The molecule has 0 aliphatic carbocycles. The number of nitrogens with one attached hydrogen (secondary N) is 2. The SMILES string of the molecule is COc1cc(C=NNC(=O)C(C)NC(=O)c2ccccc2Br)ccc1OCc1ccccc1C#N. The number of methoxy groups -OCH3 is 1. The van der Waals surface area contributed by atoms with Crippen LogP contribution in [0.4, 0.5) is 0 Å². The van der Waals surface area contributed by atoms with Gasteiger partial charge in [-0.05, 0) is 64.8 Å². The molecule has 8 nitrogen and oxygen atoms in total. The Hall–Kier alpha value is -4.16. The van der Waals surface area contributed by atoms with Crippen molar-refractivity contribution in [2.45, 2.75) is 19.6 Å². The molecule has 1 unspecified atom stereocenters. The number of halogens is 1. The van der Waals surface area contributed by atoms with E-state index in [1.54, 1.807) is 61.5 Å². The van der Waals surface area contributed by atoms with Gasteiger partial charge in [0.2, 0.25) is 0 Å². The van der Waals surface area contributed by atoms with Crippen LogP contribution in [-0.2, 0) is 11.4 Å². The van der Waals surface area contributed by atoms with Crippen molar-refractivity contribution in [3.63, 3.8) is 0 Å². The lowest BCUT2D eigenvalue weighted by atomic mass is 10.1. The Balaban J connectivity index is 1.57. The van der Waals surface area contributed by atoms with E-state index >= 15 is 0 Å². The summed E-state index contributed by atoms with van der Waals surface area (Å²) in [7, 11) is 1.52. The van der Waals surface area contributed by atoms with Gasteiger partial charge in [-0.25, -0.2) is 5.43 Å². The van der Waals surface area contributed by atoms with Crippen LogP contribution in [0.15, 0.2) is 76.3 Å². The van der Waals surface area contributed by atoms with Crippen molar-refractivity contribution < 1.29 is 19.1 Å². The number of hydrazone groups is 1. The van der Waals surface area contributed by atoms with Crippen molar-refractivity contribution in [2.75, 3.05) is 7.11 Å².